The SMILES string of the molecule is O=P(O)(O)OC[C@H]1O[C@@H](n2cnc3c(O)ncnc32)C(O)C1O.[NaH]. The zero-order valence-corrected chi connectivity index (χ0v) is 12.3. The second-order valence-electron chi connectivity index (χ2n) is 4.85. The number of rotatable bonds is 4. The van der Waals surface area contributed by atoms with Gasteiger partial charge in [-0.1, -0.05) is 0 Å². The van der Waals surface area contributed by atoms with Crippen molar-refractivity contribution < 1.29 is 38.9 Å². The van der Waals surface area contributed by atoms with Crippen molar-refractivity contribution in [2.75, 3.05) is 6.61 Å². The Labute approximate surface area is 156 Å². The molecule has 5 N–H and O–H groups in total. The van der Waals surface area contributed by atoms with Gasteiger partial charge in [0.1, 0.15) is 24.6 Å². The minimum atomic E-state index is -4.74. The first-order valence-corrected chi connectivity index (χ1v) is 7.89. The van der Waals surface area contributed by atoms with Gasteiger partial charge in [0.2, 0.25) is 5.88 Å². The second kappa shape index (κ2) is 7.30. The van der Waals surface area contributed by atoms with Gasteiger partial charge in [-0.25, -0.2) is 14.5 Å². The van der Waals surface area contributed by atoms with Crippen molar-refractivity contribution in [2.24, 2.45) is 0 Å². The Bertz CT molecular complexity index is 768. The number of hydrogen-bond donors (Lipinski definition) is 5. The number of hydrogen-bond acceptors (Lipinski definition) is 9. The van der Waals surface area contributed by atoms with E-state index in [0.29, 0.717) is 0 Å². The summed E-state index contributed by atoms with van der Waals surface area (Å²) in [6.45, 7) is -0.619. The zero-order valence-electron chi connectivity index (χ0n) is 11.4. The summed E-state index contributed by atoms with van der Waals surface area (Å²) in [4.78, 5) is 28.7. The van der Waals surface area contributed by atoms with Gasteiger partial charge in [0.25, 0.3) is 0 Å². The summed E-state index contributed by atoms with van der Waals surface area (Å²) >= 11 is 0. The molecule has 14 heteroatoms. The van der Waals surface area contributed by atoms with E-state index in [9.17, 15) is 19.9 Å². The molecular weight excluding hydrogens is 358 g/mol. The maximum atomic E-state index is 10.7. The molecule has 0 saturated carbocycles. The van der Waals surface area contributed by atoms with Crippen LogP contribution in [-0.2, 0) is 13.8 Å². The number of aliphatic hydroxyl groups is 2. The van der Waals surface area contributed by atoms with Gasteiger partial charge in [-0.15, -0.1) is 0 Å². The van der Waals surface area contributed by atoms with Gasteiger partial charge in [-0.3, -0.25) is 9.09 Å². The molecule has 3 rings (SSSR count). The van der Waals surface area contributed by atoms with E-state index in [1.165, 1.54) is 10.9 Å². The van der Waals surface area contributed by atoms with Crippen molar-refractivity contribution in [3.63, 3.8) is 0 Å². The summed E-state index contributed by atoms with van der Waals surface area (Å²) in [5.74, 6) is -0.358. The fraction of sp³-hybridized carbons (Fsp3) is 0.500. The summed E-state index contributed by atoms with van der Waals surface area (Å²) in [7, 11) is -4.74. The van der Waals surface area contributed by atoms with Crippen molar-refractivity contribution >= 4 is 48.5 Å². The topological polar surface area (TPSA) is 180 Å². The number of aromatic hydroxyl groups is 1. The second-order valence-corrected chi connectivity index (χ2v) is 6.09. The van der Waals surface area contributed by atoms with E-state index in [1.54, 1.807) is 0 Å². The van der Waals surface area contributed by atoms with Crippen molar-refractivity contribution in [1.82, 2.24) is 19.5 Å². The van der Waals surface area contributed by atoms with Gasteiger partial charge in [-0.05, 0) is 0 Å². The average Bonchev–Trinajstić information content (AvgIpc) is 3.01. The molecular formula is C10H14N4NaO8P. The Morgan fingerprint density at radius 2 is 1.96 bits per heavy atom. The monoisotopic (exact) mass is 372 g/mol. The van der Waals surface area contributed by atoms with Crippen LogP contribution in [0.15, 0.2) is 12.7 Å². The Kier molecular flexibility index (Phi) is 5.98. The molecule has 3 heterocycles. The van der Waals surface area contributed by atoms with E-state index < -0.39 is 39.0 Å². The fourth-order valence-electron chi connectivity index (χ4n) is 2.29. The van der Waals surface area contributed by atoms with Gasteiger partial charge < -0.3 is 29.8 Å². The van der Waals surface area contributed by atoms with Crippen LogP contribution in [-0.4, -0.2) is 99.1 Å². The van der Waals surface area contributed by atoms with Crippen LogP contribution in [0, 0.1) is 0 Å². The summed E-state index contributed by atoms with van der Waals surface area (Å²) in [6, 6.07) is 0. The van der Waals surface area contributed by atoms with Crippen molar-refractivity contribution in [3.05, 3.63) is 12.7 Å². The number of phosphoric ester groups is 1. The molecule has 1 aliphatic heterocycles. The Morgan fingerprint density at radius 1 is 1.25 bits per heavy atom. The first-order chi connectivity index (χ1) is 10.8. The third-order valence-electron chi connectivity index (χ3n) is 3.36. The third-order valence-corrected chi connectivity index (χ3v) is 3.84. The Morgan fingerprint density at radius 3 is 2.62 bits per heavy atom. The molecule has 1 fully saturated rings. The predicted octanol–water partition coefficient (Wildman–Crippen LogP) is -2.39. The van der Waals surface area contributed by atoms with Crippen LogP contribution in [0.3, 0.4) is 0 Å². The van der Waals surface area contributed by atoms with Crippen LogP contribution in [0.4, 0.5) is 0 Å². The van der Waals surface area contributed by atoms with Crippen LogP contribution in [0.2, 0.25) is 0 Å². The third kappa shape index (κ3) is 3.78. The van der Waals surface area contributed by atoms with E-state index in [4.69, 9.17) is 14.5 Å². The quantitative estimate of drug-likeness (QED) is 0.285. The van der Waals surface area contributed by atoms with E-state index in [-0.39, 0.29) is 46.6 Å². The molecule has 0 amide bonds. The molecule has 0 aliphatic carbocycles. The Balaban J connectivity index is 0.00000208. The molecule has 4 atom stereocenters. The van der Waals surface area contributed by atoms with Crippen molar-refractivity contribution in [3.8, 4) is 5.88 Å². The van der Waals surface area contributed by atoms with Crippen LogP contribution < -0.4 is 0 Å². The molecule has 1 saturated heterocycles. The van der Waals surface area contributed by atoms with Gasteiger partial charge in [-0.2, -0.15) is 4.98 Å². The first kappa shape index (κ1) is 19.7. The van der Waals surface area contributed by atoms with Gasteiger partial charge in [0, 0.05) is 0 Å². The predicted molar refractivity (Wildman–Crippen MR) is 78.1 cm³/mol. The summed E-state index contributed by atoms with van der Waals surface area (Å²) < 4.78 is 21.6. The zero-order chi connectivity index (χ0) is 16.8. The molecule has 0 spiro atoms. The van der Waals surface area contributed by atoms with Crippen LogP contribution in [0.25, 0.3) is 11.2 Å². The number of nitrogens with zero attached hydrogens (tertiary/aromatic N) is 4. The van der Waals surface area contributed by atoms with Crippen molar-refractivity contribution in [1.29, 1.82) is 0 Å². The molecule has 24 heavy (non-hydrogen) atoms. The van der Waals surface area contributed by atoms with Crippen LogP contribution in [0.5, 0.6) is 5.88 Å². The van der Waals surface area contributed by atoms with Gasteiger partial charge >= 0.3 is 37.4 Å². The van der Waals surface area contributed by atoms with Crippen LogP contribution in [0.1, 0.15) is 6.23 Å². The molecule has 0 bridgehead atoms. The van der Waals surface area contributed by atoms with E-state index in [1.807, 2.05) is 0 Å². The first-order valence-electron chi connectivity index (χ1n) is 6.36. The molecule has 2 aromatic rings. The molecule has 12 nitrogen and oxygen atoms in total. The minimum absolute atomic E-state index is 0. The van der Waals surface area contributed by atoms with Crippen LogP contribution >= 0.6 is 7.82 Å². The van der Waals surface area contributed by atoms with Gasteiger partial charge in [0.15, 0.2) is 17.4 Å². The van der Waals surface area contributed by atoms with Gasteiger partial charge in [0.05, 0.1) is 12.9 Å². The number of fused-ring (bicyclic) bond motifs is 1. The number of aromatic nitrogens is 4. The summed E-state index contributed by atoms with van der Waals surface area (Å²) in [6.07, 6.45) is -2.85. The fourth-order valence-corrected chi connectivity index (χ4v) is 2.63. The summed E-state index contributed by atoms with van der Waals surface area (Å²) in [5.41, 5.74) is 0.234. The van der Waals surface area contributed by atoms with E-state index >= 15 is 0 Å². The normalized spacial score (nSPS) is 27.3. The average molecular weight is 372 g/mol. The number of ether oxygens (including phenoxy) is 1. The number of aliphatic hydroxyl groups excluding tert-OH is 2. The molecule has 128 valence electrons. The molecule has 1 aliphatic rings. The maximum absolute atomic E-state index is 10.7. The number of imidazole rings is 1. The Hall–Kier alpha value is -0.660. The molecule has 2 unspecified atom stereocenters. The molecule has 0 aromatic carbocycles. The molecule has 2 aromatic heterocycles. The summed E-state index contributed by atoms with van der Waals surface area (Å²) in [5, 5.41) is 29.6. The number of phosphoric acid groups is 1. The van der Waals surface area contributed by atoms with E-state index in [0.717, 1.165) is 6.33 Å². The van der Waals surface area contributed by atoms with E-state index in [2.05, 4.69) is 19.5 Å². The standard InChI is InChI=1S/C10H13N4O8P.Na.H/c15-6-4(1-21-23(18,19)20)22-10(7(6)16)14-3-13-5-8(14)11-2-12-9(5)17;;/h2-4,6-7,10,15-16H,1H2,(H,11,12,17)(H2,18,19,20);;/t4-,6?,7?,10-;;/m1../s1. The van der Waals surface area contributed by atoms with Crippen molar-refractivity contribution in [2.45, 2.75) is 24.5 Å². The molecule has 0 radical (unpaired) electrons.